The molecule has 0 atom stereocenters. The molecular formula is C14H28. The Morgan fingerprint density at radius 1 is 1.00 bits per heavy atom. The van der Waals surface area contributed by atoms with E-state index in [9.17, 15) is 0 Å². The lowest BCUT2D eigenvalue weighted by atomic mass is 10.1. The minimum atomic E-state index is 1.17. The number of hydrogen-bond donors (Lipinski definition) is 0. The topological polar surface area (TPSA) is 0 Å². The molecule has 0 aliphatic heterocycles. The molecule has 0 aromatic carbocycles. The SMILES string of the molecule is C=C(C)C.C=CCCCCCCCC. The molecule has 0 heteroatoms. The second-order valence-corrected chi connectivity index (χ2v) is 4.05. The van der Waals surface area contributed by atoms with Crippen LogP contribution in [0.4, 0.5) is 0 Å². The fourth-order valence-electron chi connectivity index (χ4n) is 1.07. The highest BCUT2D eigenvalue weighted by atomic mass is 13.9. The van der Waals surface area contributed by atoms with Crippen molar-refractivity contribution in [3.63, 3.8) is 0 Å². The first-order valence-corrected chi connectivity index (χ1v) is 5.88. The van der Waals surface area contributed by atoms with Crippen LogP contribution in [-0.2, 0) is 0 Å². The van der Waals surface area contributed by atoms with E-state index in [0.29, 0.717) is 0 Å². The minimum Gasteiger partial charge on any atom is -0.103 e. The zero-order chi connectivity index (χ0) is 11.2. The zero-order valence-corrected chi connectivity index (χ0v) is 10.4. The van der Waals surface area contributed by atoms with Gasteiger partial charge in [0.25, 0.3) is 0 Å². The summed E-state index contributed by atoms with van der Waals surface area (Å²) < 4.78 is 0. The van der Waals surface area contributed by atoms with Crippen molar-refractivity contribution in [1.29, 1.82) is 0 Å². The Morgan fingerprint density at radius 3 is 1.86 bits per heavy atom. The van der Waals surface area contributed by atoms with Crippen LogP contribution >= 0.6 is 0 Å². The lowest BCUT2D eigenvalue weighted by molar-refractivity contribution is 0.611. The molecule has 0 rings (SSSR count). The molecule has 0 saturated carbocycles. The van der Waals surface area contributed by atoms with Gasteiger partial charge in [0.2, 0.25) is 0 Å². The average molecular weight is 196 g/mol. The maximum absolute atomic E-state index is 3.69. The minimum absolute atomic E-state index is 1.17. The molecule has 0 unspecified atom stereocenters. The van der Waals surface area contributed by atoms with Crippen LogP contribution in [0.1, 0.15) is 65.7 Å². The van der Waals surface area contributed by atoms with Crippen molar-refractivity contribution in [1.82, 2.24) is 0 Å². The summed E-state index contributed by atoms with van der Waals surface area (Å²) in [6, 6.07) is 0. The molecule has 0 bridgehead atoms. The monoisotopic (exact) mass is 196 g/mol. The lowest BCUT2D eigenvalue weighted by Crippen LogP contribution is -1.76. The van der Waals surface area contributed by atoms with Gasteiger partial charge in [0.15, 0.2) is 0 Å². The summed E-state index contributed by atoms with van der Waals surface area (Å²) in [5.41, 5.74) is 1.17. The smallest absolute Gasteiger partial charge is 0.0353 e. The maximum atomic E-state index is 3.69. The van der Waals surface area contributed by atoms with Gasteiger partial charge in [0.05, 0.1) is 0 Å². The van der Waals surface area contributed by atoms with Crippen LogP contribution in [0.5, 0.6) is 0 Å². The lowest BCUT2D eigenvalue weighted by Gasteiger charge is -1.96. The van der Waals surface area contributed by atoms with E-state index >= 15 is 0 Å². The molecule has 0 heterocycles. The van der Waals surface area contributed by atoms with Gasteiger partial charge in [-0.15, -0.1) is 13.2 Å². The number of hydrogen-bond acceptors (Lipinski definition) is 0. The molecule has 84 valence electrons. The highest BCUT2D eigenvalue weighted by Crippen LogP contribution is 2.06. The molecule has 0 aliphatic carbocycles. The van der Waals surface area contributed by atoms with Gasteiger partial charge < -0.3 is 0 Å². The molecule has 0 aromatic heterocycles. The van der Waals surface area contributed by atoms with Gasteiger partial charge in [-0.2, -0.15) is 0 Å². The second kappa shape index (κ2) is 15.0. The average Bonchev–Trinajstić information content (AvgIpc) is 2.10. The van der Waals surface area contributed by atoms with Crippen molar-refractivity contribution in [3.05, 3.63) is 24.8 Å². The molecule has 0 fully saturated rings. The second-order valence-electron chi connectivity index (χ2n) is 4.05. The third kappa shape index (κ3) is 30.0. The van der Waals surface area contributed by atoms with E-state index in [1.54, 1.807) is 0 Å². The predicted molar refractivity (Wildman–Crippen MR) is 68.7 cm³/mol. The molecule has 0 aliphatic rings. The van der Waals surface area contributed by atoms with Gasteiger partial charge in [-0.3, -0.25) is 0 Å². The Hall–Kier alpha value is -0.520. The van der Waals surface area contributed by atoms with Crippen molar-refractivity contribution in [3.8, 4) is 0 Å². The van der Waals surface area contributed by atoms with Crippen LogP contribution in [0.15, 0.2) is 24.8 Å². The molecule has 0 radical (unpaired) electrons. The normalized spacial score (nSPS) is 8.79. The van der Waals surface area contributed by atoms with E-state index in [4.69, 9.17) is 0 Å². The molecular weight excluding hydrogens is 168 g/mol. The summed E-state index contributed by atoms with van der Waals surface area (Å²) >= 11 is 0. The third-order valence-electron chi connectivity index (χ3n) is 1.76. The Bertz CT molecular complexity index is 118. The Balaban J connectivity index is 0. The largest absolute Gasteiger partial charge is 0.103 e. The van der Waals surface area contributed by atoms with Gasteiger partial charge in [-0.1, -0.05) is 50.7 Å². The van der Waals surface area contributed by atoms with Gasteiger partial charge in [-0.05, 0) is 26.7 Å². The van der Waals surface area contributed by atoms with Crippen molar-refractivity contribution in [2.45, 2.75) is 65.7 Å². The van der Waals surface area contributed by atoms with Crippen molar-refractivity contribution < 1.29 is 0 Å². The van der Waals surface area contributed by atoms with Crippen LogP contribution in [0.3, 0.4) is 0 Å². The third-order valence-corrected chi connectivity index (χ3v) is 1.76. The molecule has 0 spiro atoms. The highest BCUT2D eigenvalue weighted by Gasteiger charge is 1.86. The summed E-state index contributed by atoms with van der Waals surface area (Å²) in [5, 5.41) is 0. The van der Waals surface area contributed by atoms with E-state index in [-0.39, 0.29) is 0 Å². The van der Waals surface area contributed by atoms with Crippen LogP contribution < -0.4 is 0 Å². The van der Waals surface area contributed by atoms with Gasteiger partial charge in [-0.25, -0.2) is 0 Å². The fourth-order valence-corrected chi connectivity index (χ4v) is 1.07. The first-order chi connectivity index (χ1) is 6.65. The maximum Gasteiger partial charge on any atom is -0.0353 e. The number of unbranched alkanes of at least 4 members (excludes halogenated alkanes) is 6. The van der Waals surface area contributed by atoms with Crippen molar-refractivity contribution in [2.24, 2.45) is 0 Å². The van der Waals surface area contributed by atoms with Crippen molar-refractivity contribution >= 4 is 0 Å². The Kier molecular flexibility index (Phi) is 17.0. The predicted octanol–water partition coefficient (Wildman–Crippen LogP) is 5.51. The first-order valence-electron chi connectivity index (χ1n) is 5.88. The highest BCUT2D eigenvalue weighted by molar-refractivity contribution is 4.78. The molecule has 14 heavy (non-hydrogen) atoms. The van der Waals surface area contributed by atoms with E-state index in [1.807, 2.05) is 19.9 Å². The van der Waals surface area contributed by atoms with Crippen LogP contribution in [0, 0.1) is 0 Å². The van der Waals surface area contributed by atoms with Crippen LogP contribution in [-0.4, -0.2) is 0 Å². The molecule has 0 saturated heterocycles. The standard InChI is InChI=1S/C10H20.C4H8/c1-3-5-7-9-10-8-6-4-2;1-4(2)3/h3H,1,4-10H2,2H3;1H2,2-3H3. The quantitative estimate of drug-likeness (QED) is 0.372. The van der Waals surface area contributed by atoms with E-state index in [1.165, 1.54) is 50.5 Å². The van der Waals surface area contributed by atoms with Gasteiger partial charge in [0, 0.05) is 0 Å². The molecule has 0 aromatic rings. The van der Waals surface area contributed by atoms with Gasteiger partial charge >= 0.3 is 0 Å². The summed E-state index contributed by atoms with van der Waals surface area (Å²) in [4.78, 5) is 0. The summed E-state index contributed by atoms with van der Waals surface area (Å²) in [6.07, 6.45) is 11.6. The molecule has 0 amide bonds. The van der Waals surface area contributed by atoms with E-state index in [0.717, 1.165) is 0 Å². The van der Waals surface area contributed by atoms with Crippen LogP contribution in [0.25, 0.3) is 0 Å². The Morgan fingerprint density at radius 2 is 1.43 bits per heavy atom. The van der Waals surface area contributed by atoms with Gasteiger partial charge in [0.1, 0.15) is 0 Å². The number of allylic oxidation sites excluding steroid dienone is 2. The summed E-state index contributed by atoms with van der Waals surface area (Å²) in [5.74, 6) is 0. The molecule has 0 N–H and O–H groups in total. The van der Waals surface area contributed by atoms with Crippen molar-refractivity contribution in [2.75, 3.05) is 0 Å². The zero-order valence-electron chi connectivity index (χ0n) is 10.4. The molecule has 0 nitrogen and oxygen atoms in total. The summed E-state index contributed by atoms with van der Waals surface area (Å²) in [6.45, 7) is 13.4. The summed E-state index contributed by atoms with van der Waals surface area (Å²) in [7, 11) is 0. The number of rotatable bonds is 7. The first kappa shape index (κ1) is 15.9. The van der Waals surface area contributed by atoms with Crippen LogP contribution in [0.2, 0.25) is 0 Å². The Labute approximate surface area is 91.1 Å². The van der Waals surface area contributed by atoms with E-state index in [2.05, 4.69) is 20.1 Å². The van der Waals surface area contributed by atoms with E-state index < -0.39 is 0 Å². The fraction of sp³-hybridized carbons (Fsp3) is 0.714.